The summed E-state index contributed by atoms with van der Waals surface area (Å²) in [6.07, 6.45) is 3.42. The third-order valence-electron chi connectivity index (χ3n) is 4.74. The normalized spacial score (nSPS) is 11.2. The van der Waals surface area contributed by atoms with Crippen molar-refractivity contribution in [3.05, 3.63) is 66.5 Å². The van der Waals surface area contributed by atoms with E-state index < -0.39 is 11.9 Å². The van der Waals surface area contributed by atoms with E-state index in [1.807, 2.05) is 30.3 Å². The van der Waals surface area contributed by atoms with Crippen LogP contribution in [0, 0.1) is 0 Å². The van der Waals surface area contributed by atoms with Gasteiger partial charge in [0, 0.05) is 29.0 Å². The van der Waals surface area contributed by atoms with Crippen LogP contribution in [-0.2, 0) is 16.0 Å². The maximum atomic E-state index is 12.4. The molecule has 1 aromatic carbocycles. The van der Waals surface area contributed by atoms with E-state index >= 15 is 0 Å². The van der Waals surface area contributed by atoms with Gasteiger partial charge in [0.25, 0.3) is 0 Å². The number of hydrogen-bond donors (Lipinski definition) is 0. The zero-order valence-electron chi connectivity index (χ0n) is 15.1. The first-order chi connectivity index (χ1) is 13.1. The fourth-order valence-electron chi connectivity index (χ4n) is 3.61. The molecule has 3 aromatic heterocycles. The smallest absolute Gasteiger partial charge is 0.355 e. The molecule has 0 N–H and O–H groups in total. The second-order valence-electron chi connectivity index (χ2n) is 6.18. The lowest BCUT2D eigenvalue weighted by molar-refractivity contribution is 0.0583. The molecule has 0 aliphatic carbocycles. The highest BCUT2D eigenvalue weighted by Crippen LogP contribution is 2.34. The van der Waals surface area contributed by atoms with E-state index in [9.17, 15) is 9.59 Å². The first-order valence-electron chi connectivity index (χ1n) is 8.44. The van der Waals surface area contributed by atoms with Crippen LogP contribution < -0.4 is 0 Å². The van der Waals surface area contributed by atoms with Crippen LogP contribution in [0.4, 0.5) is 0 Å². The van der Waals surface area contributed by atoms with Crippen LogP contribution in [0.2, 0.25) is 0 Å². The zero-order chi connectivity index (χ0) is 19.1. The van der Waals surface area contributed by atoms with E-state index in [4.69, 9.17) is 9.47 Å². The van der Waals surface area contributed by atoms with Gasteiger partial charge in [-0.25, -0.2) is 9.59 Å². The van der Waals surface area contributed by atoms with Gasteiger partial charge in [0.15, 0.2) is 0 Å². The van der Waals surface area contributed by atoms with E-state index in [-0.39, 0.29) is 0 Å². The molecule has 0 saturated carbocycles. The molecular weight excluding hydrogens is 344 g/mol. The molecule has 0 spiro atoms. The standard InChI is InChI=1S/C21H18N2O4/c1-4-9-22-16-8-6-5-7-14(16)15-11-18(21(25)27-3)23-12-13(20(24)26-2)10-17(23)19(15)22/h4-8,10-12H,1,9H2,2-3H3. The molecule has 3 heterocycles. The SMILES string of the molecule is C=CCn1c2ccccc2c2cc(C(=O)OC)n3cc(C(=O)OC)cc3c21. The van der Waals surface area contributed by atoms with Crippen molar-refractivity contribution < 1.29 is 19.1 Å². The second kappa shape index (κ2) is 6.32. The molecule has 0 radical (unpaired) electrons. The number of hydrogen-bond acceptors (Lipinski definition) is 4. The van der Waals surface area contributed by atoms with Crippen LogP contribution in [0.1, 0.15) is 20.8 Å². The van der Waals surface area contributed by atoms with Gasteiger partial charge in [0.05, 0.1) is 30.8 Å². The maximum Gasteiger partial charge on any atom is 0.355 e. The van der Waals surface area contributed by atoms with Crippen LogP contribution in [0.15, 0.2) is 55.3 Å². The van der Waals surface area contributed by atoms with Gasteiger partial charge in [-0.05, 0) is 18.2 Å². The number of aromatic nitrogens is 2. The number of benzene rings is 1. The summed E-state index contributed by atoms with van der Waals surface area (Å²) < 4.78 is 13.6. The molecular formula is C21H18N2O4. The predicted octanol–water partition coefficient (Wildman–Crippen LogP) is 3.81. The summed E-state index contributed by atoms with van der Waals surface area (Å²) in [5.74, 6) is -0.941. The Kier molecular flexibility index (Phi) is 3.96. The van der Waals surface area contributed by atoms with Crippen LogP contribution in [0.5, 0.6) is 0 Å². The molecule has 4 aromatic rings. The Morgan fingerprint density at radius 1 is 1.04 bits per heavy atom. The average molecular weight is 362 g/mol. The number of methoxy groups -OCH3 is 2. The third kappa shape index (κ3) is 2.41. The molecule has 27 heavy (non-hydrogen) atoms. The van der Waals surface area contributed by atoms with Gasteiger partial charge >= 0.3 is 11.9 Å². The lowest BCUT2D eigenvalue weighted by atomic mass is 10.1. The Morgan fingerprint density at radius 2 is 1.78 bits per heavy atom. The number of allylic oxidation sites excluding steroid dienone is 1. The number of fused-ring (bicyclic) bond motifs is 5. The van der Waals surface area contributed by atoms with E-state index in [0.29, 0.717) is 17.8 Å². The van der Waals surface area contributed by atoms with Crippen molar-refractivity contribution in [2.45, 2.75) is 6.54 Å². The molecule has 0 saturated heterocycles. The lowest BCUT2D eigenvalue weighted by Gasteiger charge is -2.08. The molecule has 0 aliphatic heterocycles. The Hall–Kier alpha value is -3.54. The van der Waals surface area contributed by atoms with E-state index in [1.54, 1.807) is 22.7 Å². The quantitative estimate of drug-likeness (QED) is 0.409. The Labute approximate surface area is 155 Å². The van der Waals surface area contributed by atoms with Crippen LogP contribution in [-0.4, -0.2) is 35.1 Å². The highest BCUT2D eigenvalue weighted by molar-refractivity contribution is 6.15. The topological polar surface area (TPSA) is 61.9 Å². The van der Waals surface area contributed by atoms with E-state index in [0.717, 1.165) is 27.3 Å². The summed E-state index contributed by atoms with van der Waals surface area (Å²) in [7, 11) is 2.67. The highest BCUT2D eigenvalue weighted by Gasteiger charge is 2.21. The highest BCUT2D eigenvalue weighted by atomic mass is 16.5. The number of esters is 2. The largest absolute Gasteiger partial charge is 0.465 e. The number of carbonyl (C=O) groups excluding carboxylic acids is 2. The van der Waals surface area contributed by atoms with Crippen molar-refractivity contribution in [1.29, 1.82) is 0 Å². The van der Waals surface area contributed by atoms with Crippen molar-refractivity contribution in [2.75, 3.05) is 14.2 Å². The zero-order valence-corrected chi connectivity index (χ0v) is 15.1. The summed E-state index contributed by atoms with van der Waals surface area (Å²) >= 11 is 0. The lowest BCUT2D eigenvalue weighted by Crippen LogP contribution is -2.08. The number of para-hydroxylation sites is 1. The molecule has 0 fully saturated rings. The van der Waals surface area contributed by atoms with Crippen molar-refractivity contribution in [1.82, 2.24) is 8.97 Å². The Balaban J connectivity index is 2.24. The van der Waals surface area contributed by atoms with Crippen molar-refractivity contribution in [3.63, 3.8) is 0 Å². The van der Waals surface area contributed by atoms with Gasteiger partial charge in [0.1, 0.15) is 5.69 Å². The van der Waals surface area contributed by atoms with Gasteiger partial charge in [-0.2, -0.15) is 0 Å². The first kappa shape index (κ1) is 16.9. The van der Waals surface area contributed by atoms with Crippen molar-refractivity contribution in [2.24, 2.45) is 0 Å². The molecule has 6 heteroatoms. The van der Waals surface area contributed by atoms with Gasteiger partial charge in [-0.15, -0.1) is 6.58 Å². The number of rotatable bonds is 4. The van der Waals surface area contributed by atoms with Gasteiger partial charge in [0.2, 0.25) is 0 Å². The molecule has 136 valence electrons. The Bertz CT molecular complexity index is 1230. The summed E-state index contributed by atoms with van der Waals surface area (Å²) in [4.78, 5) is 24.5. The monoisotopic (exact) mass is 362 g/mol. The maximum absolute atomic E-state index is 12.4. The molecule has 0 aliphatic rings. The van der Waals surface area contributed by atoms with Crippen LogP contribution in [0.25, 0.3) is 27.3 Å². The predicted molar refractivity (Wildman–Crippen MR) is 103 cm³/mol. The minimum absolute atomic E-state index is 0.344. The second-order valence-corrected chi connectivity index (χ2v) is 6.18. The summed E-state index contributed by atoms with van der Waals surface area (Å²) in [6.45, 7) is 4.45. The minimum atomic E-state index is -0.477. The molecule has 0 unspecified atom stereocenters. The van der Waals surface area contributed by atoms with Gasteiger partial charge in [-0.1, -0.05) is 24.3 Å². The molecule has 0 amide bonds. The molecule has 0 bridgehead atoms. The van der Waals surface area contributed by atoms with E-state index in [2.05, 4.69) is 11.1 Å². The van der Waals surface area contributed by atoms with Crippen LogP contribution >= 0.6 is 0 Å². The number of nitrogens with zero attached hydrogens (tertiary/aromatic N) is 2. The van der Waals surface area contributed by atoms with Crippen molar-refractivity contribution in [3.8, 4) is 0 Å². The minimum Gasteiger partial charge on any atom is -0.465 e. The van der Waals surface area contributed by atoms with Gasteiger partial charge < -0.3 is 18.4 Å². The number of carbonyl (C=O) groups is 2. The number of pyridine rings is 1. The molecule has 4 rings (SSSR count). The Morgan fingerprint density at radius 3 is 2.48 bits per heavy atom. The summed E-state index contributed by atoms with van der Waals surface area (Å²) in [6, 6.07) is 11.5. The first-order valence-corrected chi connectivity index (χ1v) is 8.44. The molecule has 0 atom stereocenters. The fraction of sp³-hybridized carbons (Fsp3) is 0.143. The van der Waals surface area contributed by atoms with Gasteiger partial charge in [-0.3, -0.25) is 0 Å². The van der Waals surface area contributed by atoms with Crippen molar-refractivity contribution >= 4 is 39.3 Å². The van der Waals surface area contributed by atoms with E-state index in [1.165, 1.54) is 14.2 Å². The van der Waals surface area contributed by atoms with Crippen LogP contribution in [0.3, 0.4) is 0 Å². The third-order valence-corrected chi connectivity index (χ3v) is 4.74. The fourth-order valence-corrected chi connectivity index (χ4v) is 3.61. The summed E-state index contributed by atoms with van der Waals surface area (Å²) in [5, 5.41) is 1.93. The molecule has 6 nitrogen and oxygen atoms in total. The number of ether oxygens (including phenoxy) is 2. The summed E-state index contributed by atoms with van der Waals surface area (Å²) in [5.41, 5.74) is 3.38. The average Bonchev–Trinajstić information content (AvgIpc) is 3.27.